The zero-order valence-electron chi connectivity index (χ0n) is 19.4. The van der Waals surface area contributed by atoms with Crippen molar-refractivity contribution in [1.29, 1.82) is 0 Å². The molecule has 1 saturated carbocycles. The molecular formula is C25H36N2O5. The summed E-state index contributed by atoms with van der Waals surface area (Å²) in [4.78, 5) is 27.0. The Bertz CT molecular complexity index is 815. The van der Waals surface area contributed by atoms with Gasteiger partial charge in [0.15, 0.2) is 0 Å². The average molecular weight is 445 g/mol. The molecule has 1 aromatic carbocycles. The Balaban J connectivity index is 1.45. The first kappa shape index (κ1) is 23.2. The van der Waals surface area contributed by atoms with Crippen LogP contribution in [0.25, 0.3) is 0 Å². The smallest absolute Gasteiger partial charge is 0.254 e. The van der Waals surface area contributed by atoms with Gasteiger partial charge in [-0.05, 0) is 64.4 Å². The van der Waals surface area contributed by atoms with E-state index in [2.05, 4.69) is 29.6 Å². The van der Waals surface area contributed by atoms with Crippen LogP contribution in [0.4, 0.5) is 0 Å². The molecule has 2 amide bonds. The van der Waals surface area contributed by atoms with Gasteiger partial charge in [0.25, 0.3) is 5.91 Å². The summed E-state index contributed by atoms with van der Waals surface area (Å²) in [5.74, 6) is 0.0469. The van der Waals surface area contributed by atoms with Crippen molar-refractivity contribution in [3.05, 3.63) is 35.9 Å². The SMILES string of the molecule is C[C@@H]1C[C@@]2(COCC(=O)N2)[C@H](COC2CCC(c3ccccc3)CC2)N1C(=O)C(C)(C)O. The van der Waals surface area contributed by atoms with Crippen molar-refractivity contribution in [2.75, 3.05) is 19.8 Å². The second kappa shape index (κ2) is 9.12. The third-order valence-electron chi connectivity index (χ3n) is 7.28. The Kier molecular flexibility index (Phi) is 6.61. The lowest BCUT2D eigenvalue weighted by molar-refractivity contribution is -0.156. The molecule has 3 aliphatic rings. The minimum atomic E-state index is -1.49. The van der Waals surface area contributed by atoms with Gasteiger partial charge in [0.1, 0.15) is 12.2 Å². The van der Waals surface area contributed by atoms with Crippen molar-refractivity contribution < 1.29 is 24.2 Å². The number of ether oxygens (including phenoxy) is 2. The van der Waals surface area contributed by atoms with Gasteiger partial charge in [0, 0.05) is 6.04 Å². The van der Waals surface area contributed by atoms with E-state index in [1.165, 1.54) is 19.4 Å². The van der Waals surface area contributed by atoms with Gasteiger partial charge >= 0.3 is 0 Å². The highest BCUT2D eigenvalue weighted by Crippen LogP contribution is 2.39. The van der Waals surface area contributed by atoms with Crippen LogP contribution in [0.2, 0.25) is 0 Å². The van der Waals surface area contributed by atoms with Crippen molar-refractivity contribution in [3.8, 4) is 0 Å². The quantitative estimate of drug-likeness (QED) is 0.728. The Morgan fingerprint density at radius 3 is 2.56 bits per heavy atom. The predicted octanol–water partition coefficient (Wildman–Crippen LogP) is 2.37. The number of carbonyl (C=O) groups is 2. The van der Waals surface area contributed by atoms with Gasteiger partial charge in [-0.3, -0.25) is 9.59 Å². The third kappa shape index (κ3) is 4.70. The number of hydrogen-bond acceptors (Lipinski definition) is 5. The van der Waals surface area contributed by atoms with Crippen LogP contribution in [0.1, 0.15) is 64.4 Å². The molecule has 2 heterocycles. The maximum Gasteiger partial charge on any atom is 0.254 e. The lowest BCUT2D eigenvalue weighted by atomic mass is 9.82. The van der Waals surface area contributed by atoms with Gasteiger partial charge in [0.2, 0.25) is 5.91 Å². The molecule has 2 saturated heterocycles. The maximum atomic E-state index is 13.1. The van der Waals surface area contributed by atoms with Gasteiger partial charge in [0.05, 0.1) is 30.9 Å². The van der Waals surface area contributed by atoms with Crippen LogP contribution in [-0.2, 0) is 19.1 Å². The van der Waals surface area contributed by atoms with Gasteiger partial charge in [-0.25, -0.2) is 0 Å². The summed E-state index contributed by atoms with van der Waals surface area (Å²) in [6, 6.07) is 10.1. The van der Waals surface area contributed by atoms with Crippen molar-refractivity contribution in [1.82, 2.24) is 10.2 Å². The van der Waals surface area contributed by atoms with Gasteiger partial charge in [-0.1, -0.05) is 30.3 Å². The molecular weight excluding hydrogens is 408 g/mol. The van der Waals surface area contributed by atoms with E-state index >= 15 is 0 Å². The molecule has 176 valence electrons. The molecule has 1 spiro atoms. The Morgan fingerprint density at radius 1 is 1.25 bits per heavy atom. The summed E-state index contributed by atoms with van der Waals surface area (Å²) in [5, 5.41) is 13.5. The van der Waals surface area contributed by atoms with Crippen LogP contribution in [0.3, 0.4) is 0 Å². The zero-order valence-corrected chi connectivity index (χ0v) is 19.4. The highest BCUT2D eigenvalue weighted by atomic mass is 16.5. The van der Waals surface area contributed by atoms with E-state index in [9.17, 15) is 14.7 Å². The van der Waals surface area contributed by atoms with Crippen LogP contribution in [0, 0.1) is 0 Å². The van der Waals surface area contributed by atoms with Gasteiger partial charge in [-0.2, -0.15) is 0 Å². The average Bonchev–Trinajstić information content (AvgIpc) is 3.01. The standard InChI is InChI=1S/C25H36N2O5/c1-17-13-25(16-31-15-22(28)26-25)21(27(17)23(29)24(2,3)30)14-32-20-11-9-19(10-12-20)18-7-5-4-6-8-18/h4-8,17,19-21,30H,9-16H2,1-3H3,(H,26,28)/t17-,19?,20?,21+,25-/m1/s1. The van der Waals surface area contributed by atoms with Crippen molar-refractivity contribution in [2.24, 2.45) is 0 Å². The lowest BCUT2D eigenvalue weighted by Gasteiger charge is -2.42. The van der Waals surface area contributed by atoms with Gasteiger partial charge in [-0.15, -0.1) is 0 Å². The Morgan fingerprint density at radius 2 is 1.94 bits per heavy atom. The molecule has 1 aromatic rings. The van der Waals surface area contributed by atoms with Crippen molar-refractivity contribution in [3.63, 3.8) is 0 Å². The van der Waals surface area contributed by atoms with E-state index in [0.717, 1.165) is 25.7 Å². The normalized spacial score (nSPS) is 33.4. The summed E-state index contributed by atoms with van der Waals surface area (Å²) in [6.45, 7) is 5.66. The molecule has 0 radical (unpaired) electrons. The van der Waals surface area contributed by atoms with Crippen LogP contribution < -0.4 is 5.32 Å². The molecule has 2 aliphatic heterocycles. The molecule has 0 unspecified atom stereocenters. The third-order valence-corrected chi connectivity index (χ3v) is 7.28. The number of benzene rings is 1. The summed E-state index contributed by atoms with van der Waals surface area (Å²) in [7, 11) is 0. The number of rotatable bonds is 5. The van der Waals surface area contributed by atoms with Crippen LogP contribution in [0.5, 0.6) is 0 Å². The van der Waals surface area contributed by atoms with Crippen LogP contribution in [0.15, 0.2) is 30.3 Å². The van der Waals surface area contributed by atoms with E-state index in [4.69, 9.17) is 9.47 Å². The number of amides is 2. The van der Waals surface area contributed by atoms with E-state index in [1.807, 2.05) is 13.0 Å². The molecule has 3 fully saturated rings. The number of likely N-dealkylation sites (tertiary alicyclic amines) is 1. The zero-order chi connectivity index (χ0) is 22.9. The number of morpholine rings is 1. The minimum Gasteiger partial charge on any atom is -0.381 e. The molecule has 32 heavy (non-hydrogen) atoms. The monoisotopic (exact) mass is 444 g/mol. The first-order valence-corrected chi connectivity index (χ1v) is 11.8. The molecule has 0 aromatic heterocycles. The van der Waals surface area contributed by atoms with Crippen LogP contribution >= 0.6 is 0 Å². The van der Waals surface area contributed by atoms with E-state index in [-0.39, 0.29) is 36.6 Å². The predicted molar refractivity (Wildman–Crippen MR) is 120 cm³/mol. The molecule has 4 rings (SSSR count). The number of nitrogens with one attached hydrogen (secondary N) is 1. The summed E-state index contributed by atoms with van der Waals surface area (Å²) in [5.41, 5.74) is -0.791. The molecule has 2 N–H and O–H groups in total. The number of nitrogens with zero attached hydrogens (tertiary/aromatic N) is 1. The van der Waals surface area contributed by atoms with E-state index in [1.54, 1.807) is 4.90 Å². The van der Waals surface area contributed by atoms with Crippen molar-refractivity contribution in [2.45, 2.75) is 88.1 Å². The highest BCUT2D eigenvalue weighted by molar-refractivity contribution is 5.86. The van der Waals surface area contributed by atoms with E-state index < -0.39 is 11.1 Å². The maximum absolute atomic E-state index is 13.1. The summed E-state index contributed by atoms with van der Waals surface area (Å²) in [6.07, 6.45) is 4.80. The fraction of sp³-hybridized carbons (Fsp3) is 0.680. The largest absolute Gasteiger partial charge is 0.381 e. The summed E-state index contributed by atoms with van der Waals surface area (Å²) >= 11 is 0. The fourth-order valence-electron chi connectivity index (χ4n) is 5.71. The molecule has 7 nitrogen and oxygen atoms in total. The molecule has 0 bridgehead atoms. The fourth-order valence-corrected chi connectivity index (χ4v) is 5.71. The van der Waals surface area contributed by atoms with Crippen LogP contribution in [-0.4, -0.2) is 71.0 Å². The second-order valence-corrected chi connectivity index (χ2v) is 10.3. The number of aliphatic hydroxyl groups is 1. The summed E-state index contributed by atoms with van der Waals surface area (Å²) < 4.78 is 12.0. The number of hydrogen-bond donors (Lipinski definition) is 2. The molecule has 3 atom stereocenters. The van der Waals surface area contributed by atoms with Gasteiger partial charge < -0.3 is 24.8 Å². The molecule has 7 heteroatoms. The highest BCUT2D eigenvalue weighted by Gasteiger charge is 2.56. The van der Waals surface area contributed by atoms with E-state index in [0.29, 0.717) is 25.6 Å². The van der Waals surface area contributed by atoms with Crippen molar-refractivity contribution >= 4 is 11.8 Å². The number of carbonyl (C=O) groups excluding carboxylic acids is 2. The second-order valence-electron chi connectivity index (χ2n) is 10.3. The first-order chi connectivity index (χ1) is 15.2. The topological polar surface area (TPSA) is 88.1 Å². The molecule has 1 aliphatic carbocycles. The Hall–Kier alpha value is -1.96. The minimum absolute atomic E-state index is 0.0344. The lowest BCUT2D eigenvalue weighted by Crippen LogP contribution is -2.66. The Labute approximate surface area is 190 Å². The first-order valence-electron chi connectivity index (χ1n) is 11.8.